The van der Waals surface area contributed by atoms with Crippen molar-refractivity contribution in [2.24, 2.45) is 0 Å². The number of ether oxygens (including phenoxy) is 1. The fourth-order valence-corrected chi connectivity index (χ4v) is 3.00. The van der Waals surface area contributed by atoms with Crippen LogP contribution in [0.1, 0.15) is 25.3 Å². The molecule has 21 heavy (non-hydrogen) atoms. The lowest BCUT2D eigenvalue weighted by Gasteiger charge is -2.37. The molecular formula is C17H28N2O2. The first-order valence-electron chi connectivity index (χ1n) is 7.93. The first-order chi connectivity index (χ1) is 10.2. The van der Waals surface area contributed by atoms with Crippen molar-refractivity contribution >= 4 is 0 Å². The first kappa shape index (κ1) is 16.4. The van der Waals surface area contributed by atoms with Crippen LogP contribution in [0.2, 0.25) is 0 Å². The molecule has 1 fully saturated rings. The third-order valence-corrected chi connectivity index (χ3v) is 4.61. The van der Waals surface area contributed by atoms with E-state index < -0.39 is 0 Å². The van der Waals surface area contributed by atoms with E-state index in [1.165, 1.54) is 0 Å². The lowest BCUT2D eigenvalue weighted by atomic mass is 9.87. The minimum atomic E-state index is -0.360. The zero-order valence-electron chi connectivity index (χ0n) is 13.2. The van der Waals surface area contributed by atoms with Crippen molar-refractivity contribution in [2.75, 3.05) is 39.9 Å². The molecule has 0 aromatic heterocycles. The number of likely N-dealkylation sites (N-methyl/N-ethyl adjacent to an activating group) is 1. The number of aliphatic hydroxyl groups is 1. The van der Waals surface area contributed by atoms with Gasteiger partial charge < -0.3 is 15.2 Å². The van der Waals surface area contributed by atoms with Crippen molar-refractivity contribution in [3.63, 3.8) is 0 Å². The lowest BCUT2D eigenvalue weighted by Crippen LogP contribution is -2.48. The summed E-state index contributed by atoms with van der Waals surface area (Å²) >= 11 is 0. The summed E-state index contributed by atoms with van der Waals surface area (Å²) in [6.07, 6.45) is 2.31. The highest BCUT2D eigenvalue weighted by Gasteiger charge is 2.30. The Balaban J connectivity index is 2.00. The molecule has 1 heterocycles. The second-order valence-electron chi connectivity index (χ2n) is 5.81. The molecule has 0 saturated carbocycles. The Labute approximate surface area is 128 Å². The zero-order chi connectivity index (χ0) is 15.1. The Morgan fingerprint density at radius 3 is 2.76 bits per heavy atom. The van der Waals surface area contributed by atoms with Crippen molar-refractivity contribution in [3.8, 4) is 0 Å². The second-order valence-corrected chi connectivity index (χ2v) is 5.81. The third-order valence-electron chi connectivity index (χ3n) is 4.61. The molecule has 2 rings (SSSR count). The van der Waals surface area contributed by atoms with E-state index in [0.29, 0.717) is 6.10 Å². The Kier molecular flexibility index (Phi) is 6.18. The van der Waals surface area contributed by atoms with E-state index in [1.54, 1.807) is 0 Å². The predicted molar refractivity (Wildman–Crippen MR) is 85.4 cm³/mol. The van der Waals surface area contributed by atoms with Crippen LogP contribution in [0.4, 0.5) is 0 Å². The maximum Gasteiger partial charge on any atom is 0.0700 e. The molecule has 4 nitrogen and oxygen atoms in total. The highest BCUT2D eigenvalue weighted by molar-refractivity contribution is 5.24. The Bertz CT molecular complexity index is 407. The number of hydrogen-bond donors (Lipinski definition) is 2. The average molecular weight is 292 g/mol. The van der Waals surface area contributed by atoms with Gasteiger partial charge in [-0.3, -0.25) is 4.90 Å². The molecule has 1 saturated heterocycles. The molecule has 0 spiro atoms. The summed E-state index contributed by atoms with van der Waals surface area (Å²) in [7, 11) is 1.93. The number of hydrogen-bond acceptors (Lipinski definition) is 4. The molecule has 0 amide bonds. The van der Waals surface area contributed by atoms with Gasteiger partial charge in [0.25, 0.3) is 0 Å². The molecular weight excluding hydrogens is 264 g/mol. The lowest BCUT2D eigenvalue weighted by molar-refractivity contribution is -0.0330. The van der Waals surface area contributed by atoms with Gasteiger partial charge in [-0.2, -0.15) is 0 Å². The maximum absolute atomic E-state index is 9.95. The molecule has 1 aromatic carbocycles. The van der Waals surface area contributed by atoms with Crippen molar-refractivity contribution in [2.45, 2.75) is 31.4 Å². The minimum absolute atomic E-state index is 0.106. The number of nitrogens with one attached hydrogen (secondary N) is 1. The van der Waals surface area contributed by atoms with Gasteiger partial charge in [0.05, 0.1) is 24.9 Å². The van der Waals surface area contributed by atoms with Crippen LogP contribution >= 0.6 is 0 Å². The van der Waals surface area contributed by atoms with E-state index in [-0.39, 0.29) is 12.1 Å². The highest BCUT2D eigenvalue weighted by atomic mass is 16.5. The molecule has 2 atom stereocenters. The molecule has 2 N–H and O–H groups in total. The maximum atomic E-state index is 9.95. The summed E-state index contributed by atoms with van der Waals surface area (Å²) in [6.45, 7) is 6.04. The molecule has 0 bridgehead atoms. The first-order valence-corrected chi connectivity index (χ1v) is 7.93. The van der Waals surface area contributed by atoms with Crippen LogP contribution in [0.3, 0.4) is 0 Å². The normalized spacial score (nSPS) is 22.9. The standard InChI is InChI=1S/C17H28N2O2/c1-3-16-13-19(11-12-21-16)10-9-17(14-20,18-2)15-7-5-4-6-8-15/h4-8,16,18,20H,3,9-14H2,1-2H3. The van der Waals surface area contributed by atoms with Crippen molar-refractivity contribution in [1.29, 1.82) is 0 Å². The Hall–Kier alpha value is -0.940. The summed E-state index contributed by atoms with van der Waals surface area (Å²) in [5.41, 5.74) is 0.789. The number of rotatable bonds is 7. The molecule has 1 aromatic rings. The monoisotopic (exact) mass is 292 g/mol. The number of aliphatic hydroxyl groups excluding tert-OH is 1. The SMILES string of the molecule is CCC1CN(CCC(CO)(NC)c2ccccc2)CCO1. The van der Waals surface area contributed by atoms with Crippen LogP contribution in [0.25, 0.3) is 0 Å². The van der Waals surface area contributed by atoms with Crippen LogP contribution in [0.5, 0.6) is 0 Å². The highest BCUT2D eigenvalue weighted by Crippen LogP contribution is 2.25. The van der Waals surface area contributed by atoms with Crippen LogP contribution in [-0.4, -0.2) is 56.0 Å². The summed E-state index contributed by atoms with van der Waals surface area (Å²) in [4.78, 5) is 2.45. The van der Waals surface area contributed by atoms with Crippen molar-refractivity contribution < 1.29 is 9.84 Å². The summed E-state index contributed by atoms with van der Waals surface area (Å²) in [5, 5.41) is 13.3. The smallest absolute Gasteiger partial charge is 0.0700 e. The summed E-state index contributed by atoms with van der Waals surface area (Å²) < 4.78 is 5.72. The van der Waals surface area contributed by atoms with E-state index in [2.05, 4.69) is 29.3 Å². The van der Waals surface area contributed by atoms with Crippen molar-refractivity contribution in [3.05, 3.63) is 35.9 Å². The van der Waals surface area contributed by atoms with E-state index in [1.807, 2.05) is 25.2 Å². The summed E-state index contributed by atoms with van der Waals surface area (Å²) in [5.74, 6) is 0. The number of morpholine rings is 1. The number of benzene rings is 1. The van der Waals surface area contributed by atoms with E-state index in [0.717, 1.165) is 44.6 Å². The van der Waals surface area contributed by atoms with Gasteiger partial charge in [-0.1, -0.05) is 37.3 Å². The molecule has 2 unspecified atom stereocenters. The molecule has 1 aliphatic rings. The van der Waals surface area contributed by atoms with Crippen LogP contribution in [0, 0.1) is 0 Å². The summed E-state index contributed by atoms with van der Waals surface area (Å²) in [6, 6.07) is 10.2. The van der Waals surface area contributed by atoms with Crippen molar-refractivity contribution in [1.82, 2.24) is 10.2 Å². The Morgan fingerprint density at radius 2 is 2.14 bits per heavy atom. The van der Waals surface area contributed by atoms with Gasteiger partial charge in [0, 0.05) is 19.6 Å². The fourth-order valence-electron chi connectivity index (χ4n) is 3.00. The Morgan fingerprint density at radius 1 is 1.38 bits per heavy atom. The molecule has 0 aliphatic carbocycles. The van der Waals surface area contributed by atoms with Gasteiger partial charge in [-0.05, 0) is 25.5 Å². The number of nitrogens with zero attached hydrogens (tertiary/aromatic N) is 1. The average Bonchev–Trinajstić information content (AvgIpc) is 2.57. The van der Waals surface area contributed by atoms with Gasteiger partial charge in [-0.25, -0.2) is 0 Å². The quantitative estimate of drug-likeness (QED) is 0.801. The van der Waals surface area contributed by atoms with Gasteiger partial charge >= 0.3 is 0 Å². The van der Waals surface area contributed by atoms with E-state index in [9.17, 15) is 5.11 Å². The topological polar surface area (TPSA) is 44.7 Å². The third kappa shape index (κ3) is 4.04. The molecule has 4 heteroatoms. The van der Waals surface area contributed by atoms with Crippen LogP contribution in [0.15, 0.2) is 30.3 Å². The molecule has 1 aliphatic heterocycles. The molecule has 0 radical (unpaired) electrons. The van der Waals surface area contributed by atoms with E-state index in [4.69, 9.17) is 4.74 Å². The van der Waals surface area contributed by atoms with Gasteiger partial charge in [0.15, 0.2) is 0 Å². The predicted octanol–water partition coefficient (Wildman–Crippen LogP) is 1.59. The largest absolute Gasteiger partial charge is 0.394 e. The van der Waals surface area contributed by atoms with E-state index >= 15 is 0 Å². The fraction of sp³-hybridized carbons (Fsp3) is 0.647. The minimum Gasteiger partial charge on any atom is -0.394 e. The molecule has 118 valence electrons. The van der Waals surface area contributed by atoms with Crippen LogP contribution in [-0.2, 0) is 10.3 Å². The van der Waals surface area contributed by atoms with Gasteiger partial charge in [-0.15, -0.1) is 0 Å². The zero-order valence-corrected chi connectivity index (χ0v) is 13.2. The second kappa shape index (κ2) is 7.90. The van der Waals surface area contributed by atoms with Crippen LogP contribution < -0.4 is 5.32 Å². The van der Waals surface area contributed by atoms with Gasteiger partial charge in [0.1, 0.15) is 0 Å². The van der Waals surface area contributed by atoms with Gasteiger partial charge in [0.2, 0.25) is 0 Å².